The normalized spacial score (nSPS) is 11.5. The van der Waals surface area contributed by atoms with E-state index in [-0.39, 0.29) is 0 Å². The lowest BCUT2D eigenvalue weighted by Gasteiger charge is -2.08. The summed E-state index contributed by atoms with van der Waals surface area (Å²) in [5.74, 6) is 0.655. The van der Waals surface area contributed by atoms with Gasteiger partial charge in [0.05, 0.1) is 6.61 Å². The summed E-state index contributed by atoms with van der Waals surface area (Å²) in [6, 6.07) is 16.4. The molecule has 0 aromatic heterocycles. The highest BCUT2D eigenvalue weighted by molar-refractivity contribution is 5.50. The molecule has 4 heteroatoms. The second-order valence-electron chi connectivity index (χ2n) is 5.79. The van der Waals surface area contributed by atoms with Gasteiger partial charge in [0.2, 0.25) is 5.69 Å². The van der Waals surface area contributed by atoms with E-state index in [4.69, 9.17) is 4.74 Å². The third-order valence-electron chi connectivity index (χ3n) is 3.80. The van der Waals surface area contributed by atoms with Gasteiger partial charge in [0, 0.05) is 17.2 Å². The number of benzene rings is 2. The summed E-state index contributed by atoms with van der Waals surface area (Å²) in [6.07, 6.45) is 7.32. The fourth-order valence-electron chi connectivity index (χ4n) is 2.44. The van der Waals surface area contributed by atoms with E-state index in [1.807, 2.05) is 36.4 Å². The monoisotopic (exact) mass is 326 g/mol. The van der Waals surface area contributed by atoms with Crippen molar-refractivity contribution in [3.63, 3.8) is 0 Å². The minimum Gasteiger partial charge on any atom is -0.594 e. The average molecular weight is 326 g/mol. The Kier molecular flexibility index (Phi) is 7.81. The lowest BCUT2D eigenvalue weighted by atomic mass is 10.1. The number of para-hydroxylation sites is 2. The topological polar surface area (TPSA) is 47.7 Å². The highest BCUT2D eigenvalue weighted by Crippen LogP contribution is 2.28. The average Bonchev–Trinajstić information content (AvgIpc) is 2.63. The number of unbranched alkanes of at least 4 members (excludes halogenated alkanes) is 5. The maximum Gasteiger partial charge on any atom is 0.244 e. The first-order valence-electron chi connectivity index (χ1n) is 8.77. The van der Waals surface area contributed by atoms with Gasteiger partial charge in [-0.2, -0.15) is 0 Å². The van der Waals surface area contributed by atoms with Gasteiger partial charge in [-0.05, 0) is 23.4 Å². The minimum absolute atomic E-state index is 0.503. The molecule has 2 aromatic carbocycles. The fraction of sp³-hybridized carbons (Fsp3) is 0.400. The standard InChI is InChI=1S/C20H26N2O2/c1-2-3-4-5-6-12-17-24-20-16-11-10-15-19(20)21-22(23)18-13-8-7-9-14-18/h7-11,13-16H,2-6,12,17H2,1H3. The molecule has 0 saturated carbocycles. The highest BCUT2D eigenvalue weighted by Gasteiger charge is 2.08. The Morgan fingerprint density at radius 2 is 1.54 bits per heavy atom. The lowest BCUT2D eigenvalue weighted by Crippen LogP contribution is -1.98. The van der Waals surface area contributed by atoms with Crippen LogP contribution in [0, 0.1) is 5.21 Å². The van der Waals surface area contributed by atoms with Crippen LogP contribution >= 0.6 is 0 Å². The summed E-state index contributed by atoms with van der Waals surface area (Å²) < 4.78 is 5.82. The van der Waals surface area contributed by atoms with Crippen LogP contribution in [0.15, 0.2) is 59.7 Å². The smallest absolute Gasteiger partial charge is 0.244 e. The van der Waals surface area contributed by atoms with Gasteiger partial charge in [0.15, 0.2) is 11.4 Å². The third kappa shape index (κ3) is 6.03. The molecule has 24 heavy (non-hydrogen) atoms. The van der Waals surface area contributed by atoms with E-state index in [1.54, 1.807) is 18.2 Å². The largest absolute Gasteiger partial charge is 0.594 e. The van der Waals surface area contributed by atoms with Crippen molar-refractivity contribution >= 4 is 11.4 Å². The molecule has 0 aliphatic rings. The molecule has 0 radical (unpaired) electrons. The van der Waals surface area contributed by atoms with Crippen molar-refractivity contribution in [2.45, 2.75) is 45.4 Å². The summed E-state index contributed by atoms with van der Waals surface area (Å²) in [5.41, 5.74) is 1.06. The first kappa shape index (κ1) is 18.0. The number of nitrogens with zero attached hydrogens (tertiary/aromatic N) is 2. The first-order chi connectivity index (χ1) is 11.8. The van der Waals surface area contributed by atoms with Gasteiger partial charge in [-0.25, -0.2) is 0 Å². The molecular formula is C20H26N2O2. The predicted molar refractivity (Wildman–Crippen MR) is 97.1 cm³/mol. The zero-order valence-electron chi connectivity index (χ0n) is 14.4. The van der Waals surface area contributed by atoms with Gasteiger partial charge in [0.1, 0.15) is 0 Å². The van der Waals surface area contributed by atoms with Crippen LogP contribution in [0.1, 0.15) is 45.4 Å². The molecule has 128 valence electrons. The Morgan fingerprint density at radius 3 is 2.33 bits per heavy atom. The number of rotatable bonds is 10. The minimum atomic E-state index is 0.503. The summed E-state index contributed by atoms with van der Waals surface area (Å²) in [7, 11) is 0. The molecule has 4 nitrogen and oxygen atoms in total. The summed E-state index contributed by atoms with van der Waals surface area (Å²) >= 11 is 0. The molecular weight excluding hydrogens is 300 g/mol. The first-order valence-corrected chi connectivity index (χ1v) is 8.77. The van der Waals surface area contributed by atoms with E-state index in [0.717, 1.165) is 6.42 Å². The van der Waals surface area contributed by atoms with Gasteiger partial charge < -0.3 is 9.94 Å². The number of ether oxygens (including phenoxy) is 1. The van der Waals surface area contributed by atoms with Crippen LogP contribution in [0.2, 0.25) is 0 Å². The molecule has 0 atom stereocenters. The zero-order chi connectivity index (χ0) is 17.0. The number of hydrogen-bond acceptors (Lipinski definition) is 3. The third-order valence-corrected chi connectivity index (χ3v) is 3.80. The molecule has 0 saturated heterocycles. The van der Waals surface area contributed by atoms with Crippen LogP contribution in [0.4, 0.5) is 11.4 Å². The second-order valence-corrected chi connectivity index (χ2v) is 5.79. The van der Waals surface area contributed by atoms with E-state index in [0.29, 0.717) is 28.6 Å². The molecule has 0 aliphatic carbocycles. The van der Waals surface area contributed by atoms with Gasteiger partial charge in [-0.1, -0.05) is 69.4 Å². The maximum atomic E-state index is 12.1. The van der Waals surface area contributed by atoms with Crippen LogP contribution in [-0.2, 0) is 0 Å². The summed E-state index contributed by atoms with van der Waals surface area (Å²) in [5, 5.41) is 16.3. The van der Waals surface area contributed by atoms with Crippen molar-refractivity contribution in [2.75, 3.05) is 6.61 Å². The van der Waals surface area contributed by atoms with Crippen molar-refractivity contribution in [3.05, 3.63) is 59.8 Å². The van der Waals surface area contributed by atoms with Crippen LogP contribution in [0.5, 0.6) is 5.75 Å². The van der Waals surface area contributed by atoms with E-state index >= 15 is 0 Å². The molecule has 0 fully saturated rings. The molecule has 0 N–H and O–H groups in total. The van der Waals surface area contributed by atoms with Crippen molar-refractivity contribution in [2.24, 2.45) is 5.11 Å². The Hall–Kier alpha value is -2.36. The van der Waals surface area contributed by atoms with Crippen molar-refractivity contribution in [3.8, 4) is 5.75 Å². The molecule has 0 amide bonds. The molecule has 2 aromatic rings. The predicted octanol–water partition coefficient (Wildman–Crippen LogP) is 6.35. The van der Waals surface area contributed by atoms with Crippen molar-refractivity contribution < 1.29 is 9.60 Å². The molecule has 0 spiro atoms. The fourth-order valence-corrected chi connectivity index (χ4v) is 2.44. The van der Waals surface area contributed by atoms with E-state index in [9.17, 15) is 5.21 Å². The van der Waals surface area contributed by atoms with Crippen LogP contribution in [0.25, 0.3) is 0 Å². The highest BCUT2D eigenvalue weighted by atomic mass is 16.5. The maximum absolute atomic E-state index is 12.1. The van der Waals surface area contributed by atoms with Gasteiger partial charge >= 0.3 is 0 Å². The van der Waals surface area contributed by atoms with Gasteiger partial charge in [0.25, 0.3) is 0 Å². The van der Waals surface area contributed by atoms with Crippen LogP contribution in [-0.4, -0.2) is 11.5 Å². The summed E-state index contributed by atoms with van der Waals surface area (Å²) in [4.78, 5) is 0.632. The van der Waals surface area contributed by atoms with Crippen molar-refractivity contribution in [1.29, 1.82) is 0 Å². The quantitative estimate of drug-likeness (QED) is 0.221. The van der Waals surface area contributed by atoms with E-state index in [2.05, 4.69) is 12.0 Å². The lowest BCUT2D eigenvalue weighted by molar-refractivity contribution is -0.435. The Bertz CT molecular complexity index is 627. The second kappa shape index (κ2) is 10.4. The Morgan fingerprint density at radius 1 is 0.875 bits per heavy atom. The molecule has 0 heterocycles. The Balaban J connectivity index is 1.90. The van der Waals surface area contributed by atoms with Crippen molar-refractivity contribution in [1.82, 2.24) is 0 Å². The Labute approximate surface area is 144 Å². The van der Waals surface area contributed by atoms with E-state index in [1.165, 1.54) is 32.1 Å². The summed E-state index contributed by atoms with van der Waals surface area (Å²) in [6.45, 7) is 2.88. The molecule has 0 unspecified atom stereocenters. The number of hydrogen-bond donors (Lipinski definition) is 0. The molecule has 0 bridgehead atoms. The van der Waals surface area contributed by atoms with Gasteiger partial charge in [-0.3, -0.25) is 0 Å². The van der Waals surface area contributed by atoms with Crippen LogP contribution < -0.4 is 4.74 Å². The van der Waals surface area contributed by atoms with E-state index < -0.39 is 0 Å². The van der Waals surface area contributed by atoms with Crippen LogP contribution in [0.3, 0.4) is 0 Å². The molecule has 0 aliphatic heterocycles. The number of azo groups is 1. The van der Waals surface area contributed by atoms with Gasteiger partial charge in [-0.15, -0.1) is 0 Å². The SMILES string of the molecule is CCCCCCCCOc1ccccc1N=[N+]([O-])c1ccccc1. The molecule has 2 rings (SSSR count). The zero-order valence-corrected chi connectivity index (χ0v) is 14.4.